The number of nitrogens with one attached hydrogen (secondary N) is 1. The van der Waals surface area contributed by atoms with Crippen molar-refractivity contribution in [3.63, 3.8) is 0 Å². The highest BCUT2D eigenvalue weighted by Gasteiger charge is 2.19. The van der Waals surface area contributed by atoms with Gasteiger partial charge in [0.2, 0.25) is 5.91 Å². The van der Waals surface area contributed by atoms with Gasteiger partial charge >= 0.3 is 0 Å². The fraction of sp³-hybridized carbons (Fsp3) is 0.375. The molecule has 1 atom stereocenters. The standard InChI is InChI=1S/C24H29N5O4S/c1-17(23(30)25-18-4-6-19(7-5-18)29-12-14-32-15-13-29)34-24-27-26-22(28(24)2)16-33-21-10-8-20(31-3)9-11-21/h4-11,17H,12-16H2,1-3H3,(H,25,30). The Kier molecular flexibility index (Phi) is 7.91. The number of carbonyl (C=O) groups excluding carboxylic acids is 1. The van der Waals surface area contributed by atoms with E-state index in [0.29, 0.717) is 16.7 Å². The molecule has 34 heavy (non-hydrogen) atoms. The number of morpholine rings is 1. The molecule has 1 fully saturated rings. The minimum absolute atomic E-state index is 0.0943. The average Bonchev–Trinajstić information content (AvgIpc) is 3.22. The number of anilines is 2. The van der Waals surface area contributed by atoms with Gasteiger partial charge in [-0.3, -0.25) is 4.79 Å². The molecular formula is C24H29N5O4S. The predicted octanol–water partition coefficient (Wildman–Crippen LogP) is 3.36. The summed E-state index contributed by atoms with van der Waals surface area (Å²) in [6, 6.07) is 15.3. The van der Waals surface area contributed by atoms with Gasteiger partial charge < -0.3 is 29.0 Å². The number of hydrogen-bond donors (Lipinski definition) is 1. The molecular weight excluding hydrogens is 454 g/mol. The summed E-state index contributed by atoms with van der Waals surface area (Å²) in [5.74, 6) is 2.06. The van der Waals surface area contributed by atoms with Crippen LogP contribution in [0, 0.1) is 0 Å². The number of aromatic nitrogens is 3. The Bertz CT molecular complexity index is 1080. The van der Waals surface area contributed by atoms with Crippen molar-refractivity contribution in [2.75, 3.05) is 43.6 Å². The van der Waals surface area contributed by atoms with E-state index in [1.807, 2.05) is 67.1 Å². The van der Waals surface area contributed by atoms with E-state index in [1.54, 1.807) is 7.11 Å². The lowest BCUT2D eigenvalue weighted by atomic mass is 10.2. The Morgan fingerprint density at radius 3 is 2.44 bits per heavy atom. The third-order valence-corrected chi connectivity index (χ3v) is 6.65. The third kappa shape index (κ3) is 6.00. The second-order valence-corrected chi connectivity index (χ2v) is 9.13. The molecule has 1 aliphatic rings. The molecule has 1 saturated heterocycles. The highest BCUT2D eigenvalue weighted by molar-refractivity contribution is 8.00. The summed E-state index contributed by atoms with van der Waals surface area (Å²) in [6.07, 6.45) is 0. The molecule has 0 saturated carbocycles. The van der Waals surface area contributed by atoms with Crippen LogP contribution in [0.4, 0.5) is 11.4 Å². The zero-order valence-corrected chi connectivity index (χ0v) is 20.4. The maximum Gasteiger partial charge on any atom is 0.237 e. The summed E-state index contributed by atoms with van der Waals surface area (Å²) >= 11 is 1.35. The second-order valence-electron chi connectivity index (χ2n) is 7.82. The molecule has 3 aromatic rings. The Morgan fingerprint density at radius 1 is 1.09 bits per heavy atom. The van der Waals surface area contributed by atoms with Crippen LogP contribution >= 0.6 is 11.8 Å². The summed E-state index contributed by atoms with van der Waals surface area (Å²) in [7, 11) is 3.49. The van der Waals surface area contributed by atoms with Gasteiger partial charge in [-0.1, -0.05) is 11.8 Å². The highest BCUT2D eigenvalue weighted by atomic mass is 32.2. The molecule has 1 amide bonds. The number of nitrogens with zero attached hydrogens (tertiary/aromatic N) is 4. The van der Waals surface area contributed by atoms with E-state index in [-0.39, 0.29) is 17.8 Å². The smallest absolute Gasteiger partial charge is 0.237 e. The minimum atomic E-state index is -0.350. The van der Waals surface area contributed by atoms with E-state index in [0.717, 1.165) is 43.4 Å². The molecule has 0 aliphatic carbocycles. The van der Waals surface area contributed by atoms with Crippen molar-refractivity contribution in [3.8, 4) is 11.5 Å². The summed E-state index contributed by atoms with van der Waals surface area (Å²) < 4.78 is 18.2. The number of thioether (sulfide) groups is 1. The predicted molar refractivity (Wildman–Crippen MR) is 132 cm³/mol. The van der Waals surface area contributed by atoms with Gasteiger partial charge in [0.1, 0.15) is 18.1 Å². The third-order valence-electron chi connectivity index (χ3n) is 5.51. The van der Waals surface area contributed by atoms with Gasteiger partial charge in [0.15, 0.2) is 11.0 Å². The molecule has 1 N–H and O–H groups in total. The maximum absolute atomic E-state index is 12.7. The van der Waals surface area contributed by atoms with Crippen LogP contribution in [0.2, 0.25) is 0 Å². The molecule has 2 heterocycles. The molecule has 1 aromatic heterocycles. The van der Waals surface area contributed by atoms with Crippen molar-refractivity contribution < 1.29 is 19.0 Å². The molecule has 1 unspecified atom stereocenters. The Morgan fingerprint density at radius 2 is 1.76 bits per heavy atom. The van der Waals surface area contributed by atoms with E-state index in [4.69, 9.17) is 14.2 Å². The Hall–Kier alpha value is -3.24. The molecule has 2 aromatic carbocycles. The fourth-order valence-electron chi connectivity index (χ4n) is 3.43. The molecule has 4 rings (SSSR count). The lowest BCUT2D eigenvalue weighted by Crippen LogP contribution is -2.36. The van der Waals surface area contributed by atoms with Crippen LogP contribution in [0.1, 0.15) is 12.7 Å². The van der Waals surface area contributed by atoms with Crippen molar-refractivity contribution in [2.45, 2.75) is 23.9 Å². The lowest BCUT2D eigenvalue weighted by molar-refractivity contribution is -0.115. The van der Waals surface area contributed by atoms with Gasteiger partial charge in [-0.25, -0.2) is 0 Å². The van der Waals surface area contributed by atoms with E-state index >= 15 is 0 Å². The van der Waals surface area contributed by atoms with Gasteiger partial charge in [0.25, 0.3) is 0 Å². The monoisotopic (exact) mass is 483 g/mol. The molecule has 1 aliphatic heterocycles. The first-order valence-electron chi connectivity index (χ1n) is 11.1. The first-order chi connectivity index (χ1) is 16.5. The Labute approximate surface area is 203 Å². The topological polar surface area (TPSA) is 90.7 Å². The van der Waals surface area contributed by atoms with Gasteiger partial charge in [0, 0.05) is 31.5 Å². The van der Waals surface area contributed by atoms with Gasteiger partial charge in [-0.15, -0.1) is 10.2 Å². The highest BCUT2D eigenvalue weighted by Crippen LogP contribution is 2.25. The van der Waals surface area contributed by atoms with E-state index < -0.39 is 0 Å². The van der Waals surface area contributed by atoms with Gasteiger partial charge in [-0.2, -0.15) is 0 Å². The average molecular weight is 484 g/mol. The van der Waals surface area contributed by atoms with Crippen LogP contribution in [0.15, 0.2) is 53.7 Å². The van der Waals surface area contributed by atoms with Crippen LogP contribution in [0.5, 0.6) is 11.5 Å². The van der Waals surface area contributed by atoms with Gasteiger partial charge in [-0.05, 0) is 55.5 Å². The lowest BCUT2D eigenvalue weighted by Gasteiger charge is -2.28. The number of carbonyl (C=O) groups is 1. The van der Waals surface area contributed by atoms with Crippen LogP contribution in [0.25, 0.3) is 0 Å². The van der Waals surface area contributed by atoms with E-state index in [9.17, 15) is 4.79 Å². The SMILES string of the molecule is COc1ccc(OCc2nnc(SC(C)C(=O)Nc3ccc(N4CCOCC4)cc3)n2C)cc1. The number of rotatable bonds is 9. The van der Waals surface area contributed by atoms with Crippen molar-refractivity contribution in [1.29, 1.82) is 0 Å². The molecule has 10 heteroatoms. The number of methoxy groups -OCH3 is 1. The molecule has 180 valence electrons. The van der Waals surface area contributed by atoms with E-state index in [1.165, 1.54) is 11.8 Å². The molecule has 0 spiro atoms. The maximum atomic E-state index is 12.7. The van der Waals surface area contributed by atoms with E-state index in [2.05, 4.69) is 20.4 Å². The largest absolute Gasteiger partial charge is 0.497 e. The minimum Gasteiger partial charge on any atom is -0.497 e. The summed E-state index contributed by atoms with van der Waals surface area (Å²) in [4.78, 5) is 15.0. The molecule has 9 nitrogen and oxygen atoms in total. The summed E-state index contributed by atoms with van der Waals surface area (Å²) in [5.41, 5.74) is 1.90. The van der Waals surface area contributed by atoms with Gasteiger partial charge in [0.05, 0.1) is 25.6 Å². The van der Waals surface area contributed by atoms with Crippen molar-refractivity contribution in [3.05, 3.63) is 54.4 Å². The summed E-state index contributed by atoms with van der Waals surface area (Å²) in [6.45, 7) is 5.36. The second kappa shape index (κ2) is 11.3. The first kappa shape index (κ1) is 23.9. The van der Waals surface area contributed by atoms with Crippen molar-refractivity contribution >= 4 is 29.0 Å². The normalized spacial score (nSPS) is 14.5. The zero-order valence-electron chi connectivity index (χ0n) is 19.6. The number of hydrogen-bond acceptors (Lipinski definition) is 8. The quantitative estimate of drug-likeness (QED) is 0.464. The van der Waals surface area contributed by atoms with Crippen LogP contribution in [0.3, 0.4) is 0 Å². The van der Waals surface area contributed by atoms with Crippen LogP contribution < -0.4 is 19.7 Å². The molecule has 0 bridgehead atoms. The number of benzene rings is 2. The zero-order chi connectivity index (χ0) is 23.9. The molecule has 0 radical (unpaired) electrons. The van der Waals surface area contributed by atoms with Crippen LogP contribution in [-0.4, -0.2) is 59.3 Å². The van der Waals surface area contributed by atoms with Crippen molar-refractivity contribution in [1.82, 2.24) is 14.8 Å². The number of amides is 1. The summed E-state index contributed by atoms with van der Waals surface area (Å²) in [5, 5.41) is 11.7. The number of ether oxygens (including phenoxy) is 3. The Balaban J connectivity index is 1.29. The first-order valence-corrected chi connectivity index (χ1v) is 12.0. The van der Waals surface area contributed by atoms with Crippen LogP contribution in [-0.2, 0) is 23.2 Å². The fourth-order valence-corrected chi connectivity index (χ4v) is 4.26. The van der Waals surface area contributed by atoms with Crippen molar-refractivity contribution in [2.24, 2.45) is 7.05 Å².